The Kier molecular flexibility index (Phi) is 7.02. The Morgan fingerprint density at radius 3 is 2.33 bits per heavy atom. The van der Waals surface area contributed by atoms with E-state index >= 15 is 0 Å². The van der Waals surface area contributed by atoms with Crippen LogP contribution in [0.5, 0.6) is 11.5 Å². The number of hydrogen-bond acceptors (Lipinski definition) is 7. The summed E-state index contributed by atoms with van der Waals surface area (Å²) in [4.78, 5) is 0.233. The number of aliphatic hydroxyl groups excluding tert-OH is 2. The van der Waals surface area contributed by atoms with Gasteiger partial charge in [-0.15, -0.1) is 0 Å². The van der Waals surface area contributed by atoms with Gasteiger partial charge >= 0.3 is 0 Å². The molecule has 2 unspecified atom stereocenters. The number of sulfone groups is 1. The number of benzene rings is 2. The fraction of sp³-hybridized carbons (Fsp3) is 0.455. The van der Waals surface area contributed by atoms with Gasteiger partial charge in [-0.2, -0.15) is 0 Å². The lowest BCUT2D eigenvalue weighted by atomic mass is 9.86. The minimum absolute atomic E-state index is 0.233. The summed E-state index contributed by atoms with van der Waals surface area (Å²) < 4.78 is 34.4. The van der Waals surface area contributed by atoms with Crippen LogP contribution in [0.3, 0.4) is 0 Å². The number of rotatable bonds is 9. The fourth-order valence-electron chi connectivity index (χ4n) is 3.83. The van der Waals surface area contributed by atoms with Crippen LogP contribution in [-0.4, -0.2) is 57.4 Å². The Bertz CT molecular complexity index is 934. The van der Waals surface area contributed by atoms with E-state index in [0.717, 1.165) is 17.6 Å². The van der Waals surface area contributed by atoms with E-state index in [4.69, 9.17) is 9.47 Å². The lowest BCUT2D eigenvalue weighted by Gasteiger charge is -2.29. The van der Waals surface area contributed by atoms with E-state index in [1.807, 2.05) is 24.3 Å². The van der Waals surface area contributed by atoms with Crippen LogP contribution in [0.4, 0.5) is 0 Å². The van der Waals surface area contributed by atoms with Gasteiger partial charge in [0.05, 0.1) is 30.8 Å². The Balaban J connectivity index is 1.63. The van der Waals surface area contributed by atoms with Gasteiger partial charge in [0.15, 0.2) is 9.84 Å². The maximum absolute atomic E-state index is 11.6. The number of hydrogen-bond donors (Lipinski definition) is 3. The van der Waals surface area contributed by atoms with E-state index in [-0.39, 0.29) is 4.90 Å². The Morgan fingerprint density at radius 2 is 1.73 bits per heavy atom. The molecule has 1 aliphatic rings. The lowest BCUT2D eigenvalue weighted by molar-refractivity contribution is 0.0438. The van der Waals surface area contributed by atoms with Gasteiger partial charge in [0.2, 0.25) is 0 Å². The van der Waals surface area contributed by atoms with Crippen molar-refractivity contribution in [3.8, 4) is 11.5 Å². The van der Waals surface area contributed by atoms with Crippen LogP contribution in [0.2, 0.25) is 0 Å². The van der Waals surface area contributed by atoms with Gasteiger partial charge in [-0.3, -0.25) is 0 Å². The van der Waals surface area contributed by atoms with Crippen LogP contribution in [0, 0.1) is 5.41 Å². The molecule has 0 saturated heterocycles. The molecule has 30 heavy (non-hydrogen) atoms. The predicted octanol–water partition coefficient (Wildman–Crippen LogP) is 1.77. The molecule has 7 nitrogen and oxygen atoms in total. The van der Waals surface area contributed by atoms with Gasteiger partial charge in [0.25, 0.3) is 0 Å². The molecule has 0 heterocycles. The Morgan fingerprint density at radius 1 is 1.07 bits per heavy atom. The van der Waals surface area contributed by atoms with E-state index in [9.17, 15) is 18.6 Å². The standard InChI is InChI=1S/C22H29NO6S/c1-28-18-5-3-4-16(10-18)13-23-14-22(11-20(24)21(25)12-22)15-29-17-6-8-19(9-7-17)30(2,26)27/h3-10,20-21,23-25H,11-15H2,1-2H3. The van der Waals surface area contributed by atoms with E-state index in [1.165, 1.54) is 12.1 Å². The molecule has 164 valence electrons. The monoisotopic (exact) mass is 435 g/mol. The number of ether oxygens (including phenoxy) is 2. The fourth-order valence-corrected chi connectivity index (χ4v) is 4.46. The molecule has 3 N–H and O–H groups in total. The van der Waals surface area contributed by atoms with Crippen molar-refractivity contribution >= 4 is 9.84 Å². The zero-order valence-corrected chi connectivity index (χ0v) is 18.1. The summed E-state index contributed by atoms with van der Waals surface area (Å²) in [6.45, 7) is 1.47. The molecule has 1 aliphatic carbocycles. The molecular formula is C22H29NO6S. The van der Waals surface area contributed by atoms with Crippen LogP contribution >= 0.6 is 0 Å². The van der Waals surface area contributed by atoms with Gasteiger partial charge in [0, 0.05) is 24.8 Å². The molecule has 0 amide bonds. The second-order valence-corrected chi connectivity index (χ2v) is 10.0. The zero-order valence-electron chi connectivity index (χ0n) is 17.2. The highest BCUT2D eigenvalue weighted by atomic mass is 32.2. The first-order valence-electron chi connectivity index (χ1n) is 9.83. The maximum Gasteiger partial charge on any atom is 0.175 e. The summed E-state index contributed by atoms with van der Waals surface area (Å²) in [7, 11) is -1.63. The SMILES string of the molecule is COc1cccc(CNCC2(COc3ccc(S(C)(=O)=O)cc3)CC(O)C(O)C2)c1. The maximum atomic E-state index is 11.6. The van der Waals surface area contributed by atoms with Gasteiger partial charge in [0.1, 0.15) is 11.5 Å². The molecule has 0 aliphatic heterocycles. The molecular weight excluding hydrogens is 406 g/mol. The zero-order chi connectivity index (χ0) is 21.8. The molecule has 2 atom stereocenters. The van der Waals surface area contributed by atoms with Crippen LogP contribution in [0.1, 0.15) is 18.4 Å². The molecule has 0 spiro atoms. The molecule has 3 rings (SSSR count). The van der Waals surface area contributed by atoms with Gasteiger partial charge in [-0.25, -0.2) is 8.42 Å². The first kappa shape index (κ1) is 22.6. The lowest BCUT2D eigenvalue weighted by Crippen LogP contribution is -2.37. The van der Waals surface area contributed by atoms with E-state index in [0.29, 0.717) is 38.3 Å². The molecule has 1 fully saturated rings. The third kappa shape index (κ3) is 5.72. The highest BCUT2D eigenvalue weighted by Crippen LogP contribution is 2.39. The van der Waals surface area contributed by atoms with E-state index < -0.39 is 27.5 Å². The molecule has 0 radical (unpaired) electrons. The number of aliphatic hydroxyl groups is 2. The van der Waals surface area contributed by atoms with Crippen molar-refractivity contribution in [2.24, 2.45) is 5.41 Å². The third-order valence-electron chi connectivity index (χ3n) is 5.49. The molecule has 1 saturated carbocycles. The van der Waals surface area contributed by atoms with Crippen molar-refractivity contribution in [2.75, 3.05) is 26.5 Å². The highest BCUT2D eigenvalue weighted by Gasteiger charge is 2.44. The predicted molar refractivity (Wildman–Crippen MR) is 113 cm³/mol. The molecule has 0 aromatic heterocycles. The highest BCUT2D eigenvalue weighted by molar-refractivity contribution is 7.90. The normalized spacial score (nSPS) is 24.0. The van der Waals surface area contributed by atoms with Crippen molar-refractivity contribution in [2.45, 2.75) is 36.5 Å². The van der Waals surface area contributed by atoms with Crippen molar-refractivity contribution in [3.63, 3.8) is 0 Å². The molecule has 2 aromatic carbocycles. The summed E-state index contributed by atoms with van der Waals surface area (Å²) in [6.07, 6.45) is 0.411. The molecule has 2 aromatic rings. The first-order valence-corrected chi connectivity index (χ1v) is 11.7. The van der Waals surface area contributed by atoms with Crippen molar-refractivity contribution in [1.29, 1.82) is 0 Å². The Hall–Kier alpha value is -2.13. The minimum Gasteiger partial charge on any atom is -0.497 e. The Labute approximate surface area is 177 Å². The summed E-state index contributed by atoms with van der Waals surface area (Å²) in [5.41, 5.74) is 0.633. The molecule has 0 bridgehead atoms. The second-order valence-electron chi connectivity index (χ2n) is 8.03. The summed E-state index contributed by atoms with van der Waals surface area (Å²) >= 11 is 0. The van der Waals surface area contributed by atoms with Crippen molar-refractivity contribution in [1.82, 2.24) is 5.32 Å². The van der Waals surface area contributed by atoms with Crippen LogP contribution in [-0.2, 0) is 16.4 Å². The van der Waals surface area contributed by atoms with Crippen LogP contribution in [0.25, 0.3) is 0 Å². The third-order valence-corrected chi connectivity index (χ3v) is 6.62. The smallest absolute Gasteiger partial charge is 0.175 e. The summed E-state index contributed by atoms with van der Waals surface area (Å²) in [5, 5.41) is 23.7. The van der Waals surface area contributed by atoms with Crippen LogP contribution < -0.4 is 14.8 Å². The first-order chi connectivity index (χ1) is 14.2. The van der Waals surface area contributed by atoms with Crippen molar-refractivity contribution in [3.05, 3.63) is 54.1 Å². The van der Waals surface area contributed by atoms with E-state index in [1.54, 1.807) is 19.2 Å². The van der Waals surface area contributed by atoms with Crippen LogP contribution in [0.15, 0.2) is 53.4 Å². The van der Waals surface area contributed by atoms with Crippen molar-refractivity contribution < 1.29 is 28.1 Å². The molecule has 8 heteroatoms. The second kappa shape index (κ2) is 9.34. The number of methoxy groups -OCH3 is 1. The van der Waals surface area contributed by atoms with Gasteiger partial charge < -0.3 is 25.0 Å². The average Bonchev–Trinajstić information content (AvgIpc) is 3.00. The summed E-state index contributed by atoms with van der Waals surface area (Å²) in [5.74, 6) is 1.34. The summed E-state index contributed by atoms with van der Waals surface area (Å²) in [6, 6.07) is 14.0. The average molecular weight is 436 g/mol. The topological polar surface area (TPSA) is 105 Å². The van der Waals surface area contributed by atoms with Gasteiger partial charge in [-0.05, 0) is 54.8 Å². The van der Waals surface area contributed by atoms with Gasteiger partial charge in [-0.1, -0.05) is 12.1 Å². The minimum atomic E-state index is -3.26. The number of nitrogens with one attached hydrogen (secondary N) is 1. The van der Waals surface area contributed by atoms with E-state index in [2.05, 4.69) is 5.32 Å². The quantitative estimate of drug-likeness (QED) is 0.551. The largest absolute Gasteiger partial charge is 0.497 e.